The van der Waals surface area contributed by atoms with Gasteiger partial charge >= 0.3 is 0 Å². The summed E-state index contributed by atoms with van der Waals surface area (Å²) in [7, 11) is 3.52. The third kappa shape index (κ3) is 4.51. The van der Waals surface area contributed by atoms with Crippen LogP contribution < -0.4 is 0 Å². The molecule has 0 saturated carbocycles. The van der Waals surface area contributed by atoms with E-state index in [0.29, 0.717) is 26.2 Å². The molecule has 0 bridgehead atoms. The summed E-state index contributed by atoms with van der Waals surface area (Å²) < 4.78 is 0. The van der Waals surface area contributed by atoms with Crippen molar-refractivity contribution in [2.24, 2.45) is 5.92 Å². The fourth-order valence-electron chi connectivity index (χ4n) is 2.93. The van der Waals surface area contributed by atoms with Gasteiger partial charge in [-0.05, 0) is 18.6 Å². The fraction of sp³-hybridized carbons (Fsp3) is 0.588. The molecule has 0 aliphatic carbocycles. The second-order valence-electron chi connectivity index (χ2n) is 6.40. The van der Waals surface area contributed by atoms with E-state index < -0.39 is 0 Å². The lowest BCUT2D eigenvalue weighted by Crippen LogP contribution is -2.41. The normalized spacial score (nSPS) is 19.3. The molecule has 1 aliphatic heterocycles. The van der Waals surface area contributed by atoms with Gasteiger partial charge < -0.3 is 9.80 Å². The minimum atomic E-state index is -0.194. The van der Waals surface area contributed by atoms with E-state index >= 15 is 0 Å². The molecule has 0 unspecified atom stereocenters. The molecule has 1 aromatic rings. The number of carbonyl (C=O) groups is 2. The van der Waals surface area contributed by atoms with E-state index in [1.165, 1.54) is 0 Å². The lowest BCUT2D eigenvalue weighted by molar-refractivity contribution is -0.135. The summed E-state index contributed by atoms with van der Waals surface area (Å²) in [5, 5.41) is 0. The number of hydrogen-bond acceptors (Lipinski definition) is 4. The van der Waals surface area contributed by atoms with Gasteiger partial charge in [-0.3, -0.25) is 19.5 Å². The van der Waals surface area contributed by atoms with Gasteiger partial charge in [-0.25, -0.2) is 0 Å². The number of rotatable bonds is 3. The first-order chi connectivity index (χ1) is 10.9. The standard InChI is InChI=1S/C17H26N4O2/c1-13-6-5-7-18-16(13)12-20-8-9-21(14(2)22)11-15(10-20)17(23)19(3)4/h5-7,15H,8-12H2,1-4H3/t15-/m1/s1. The third-order valence-corrected chi connectivity index (χ3v) is 4.33. The summed E-state index contributed by atoms with van der Waals surface area (Å²) in [5.74, 6) is -0.0984. The Bertz CT molecular complexity index is 573. The zero-order valence-corrected chi connectivity index (χ0v) is 14.5. The van der Waals surface area contributed by atoms with Crippen molar-refractivity contribution in [1.82, 2.24) is 19.7 Å². The zero-order chi connectivity index (χ0) is 17.0. The molecule has 1 saturated heterocycles. The van der Waals surface area contributed by atoms with Gasteiger partial charge in [-0.15, -0.1) is 0 Å². The summed E-state index contributed by atoms with van der Waals surface area (Å²) in [6, 6.07) is 3.97. The van der Waals surface area contributed by atoms with Crippen molar-refractivity contribution in [3.05, 3.63) is 29.6 Å². The lowest BCUT2D eigenvalue weighted by atomic mass is 10.1. The predicted molar refractivity (Wildman–Crippen MR) is 88.7 cm³/mol. The molecule has 1 aliphatic rings. The van der Waals surface area contributed by atoms with E-state index in [1.54, 1.807) is 37.0 Å². The number of pyridine rings is 1. The summed E-state index contributed by atoms with van der Waals surface area (Å²) in [6.45, 7) is 6.86. The number of aryl methyl sites for hydroxylation is 1. The van der Waals surface area contributed by atoms with E-state index in [-0.39, 0.29) is 17.7 Å². The van der Waals surface area contributed by atoms with Crippen molar-refractivity contribution < 1.29 is 9.59 Å². The van der Waals surface area contributed by atoms with Gasteiger partial charge in [0, 0.05) is 59.9 Å². The second-order valence-corrected chi connectivity index (χ2v) is 6.40. The number of nitrogens with zero attached hydrogens (tertiary/aromatic N) is 4. The van der Waals surface area contributed by atoms with Gasteiger partial charge in [0.15, 0.2) is 0 Å². The van der Waals surface area contributed by atoms with E-state index in [2.05, 4.69) is 9.88 Å². The van der Waals surface area contributed by atoms with Crippen molar-refractivity contribution in [3.8, 4) is 0 Å². The summed E-state index contributed by atoms with van der Waals surface area (Å²) in [6.07, 6.45) is 1.80. The van der Waals surface area contributed by atoms with Crippen molar-refractivity contribution in [2.75, 3.05) is 40.3 Å². The van der Waals surface area contributed by atoms with E-state index in [9.17, 15) is 9.59 Å². The Morgan fingerprint density at radius 1 is 1.30 bits per heavy atom. The smallest absolute Gasteiger partial charge is 0.228 e. The number of aromatic nitrogens is 1. The van der Waals surface area contributed by atoms with Gasteiger partial charge in [0.25, 0.3) is 0 Å². The van der Waals surface area contributed by atoms with Crippen molar-refractivity contribution in [3.63, 3.8) is 0 Å². The van der Waals surface area contributed by atoms with Crippen molar-refractivity contribution in [2.45, 2.75) is 20.4 Å². The SMILES string of the molecule is CC(=O)N1CCN(Cc2ncccc2C)C[C@@H](C(=O)N(C)C)C1. The first kappa shape index (κ1) is 17.4. The van der Waals surface area contributed by atoms with Gasteiger partial charge in [-0.2, -0.15) is 0 Å². The third-order valence-electron chi connectivity index (χ3n) is 4.33. The molecule has 0 aromatic carbocycles. The van der Waals surface area contributed by atoms with Crippen LogP contribution in [0.1, 0.15) is 18.2 Å². The van der Waals surface area contributed by atoms with Crippen LogP contribution in [0.4, 0.5) is 0 Å². The Hall–Kier alpha value is -1.95. The quantitative estimate of drug-likeness (QED) is 0.826. The van der Waals surface area contributed by atoms with Crippen LogP contribution in [0.15, 0.2) is 18.3 Å². The van der Waals surface area contributed by atoms with Crippen LogP contribution in [0.3, 0.4) is 0 Å². The maximum atomic E-state index is 12.4. The van der Waals surface area contributed by atoms with Crippen molar-refractivity contribution >= 4 is 11.8 Å². The first-order valence-corrected chi connectivity index (χ1v) is 7.98. The molecule has 6 heteroatoms. The topological polar surface area (TPSA) is 56.8 Å². The molecule has 2 amide bonds. The maximum Gasteiger partial charge on any atom is 0.228 e. The Morgan fingerprint density at radius 3 is 2.65 bits per heavy atom. The molecule has 1 atom stereocenters. The Labute approximate surface area is 138 Å². The summed E-state index contributed by atoms with van der Waals surface area (Å²) in [4.78, 5) is 34.3. The van der Waals surface area contributed by atoms with Crippen LogP contribution in [0, 0.1) is 12.8 Å². The molecule has 0 N–H and O–H groups in total. The highest BCUT2D eigenvalue weighted by molar-refractivity contribution is 5.80. The summed E-state index contributed by atoms with van der Waals surface area (Å²) >= 11 is 0. The van der Waals surface area contributed by atoms with Crippen LogP contribution in [-0.4, -0.2) is 71.8 Å². The Kier molecular flexibility index (Phi) is 5.71. The molecule has 0 spiro atoms. The summed E-state index contributed by atoms with van der Waals surface area (Å²) in [5.41, 5.74) is 2.18. The highest BCUT2D eigenvalue weighted by Gasteiger charge is 2.30. The molecular formula is C17H26N4O2. The van der Waals surface area contributed by atoms with Crippen LogP contribution in [0.25, 0.3) is 0 Å². The molecule has 23 heavy (non-hydrogen) atoms. The first-order valence-electron chi connectivity index (χ1n) is 7.98. The molecule has 6 nitrogen and oxygen atoms in total. The molecule has 2 heterocycles. The van der Waals surface area contributed by atoms with Crippen LogP contribution >= 0.6 is 0 Å². The number of hydrogen-bond donors (Lipinski definition) is 0. The molecule has 1 aromatic heterocycles. The van der Waals surface area contributed by atoms with Crippen molar-refractivity contribution in [1.29, 1.82) is 0 Å². The largest absolute Gasteiger partial charge is 0.348 e. The Morgan fingerprint density at radius 2 is 2.04 bits per heavy atom. The average molecular weight is 318 g/mol. The van der Waals surface area contributed by atoms with Gasteiger partial charge in [0.2, 0.25) is 11.8 Å². The van der Waals surface area contributed by atoms with Gasteiger partial charge in [0.1, 0.15) is 0 Å². The van der Waals surface area contributed by atoms with Crippen LogP contribution in [0.5, 0.6) is 0 Å². The molecule has 0 radical (unpaired) electrons. The fourth-order valence-corrected chi connectivity index (χ4v) is 2.93. The Balaban J connectivity index is 2.15. The molecule has 126 valence electrons. The van der Waals surface area contributed by atoms with Crippen LogP contribution in [0.2, 0.25) is 0 Å². The van der Waals surface area contributed by atoms with E-state index in [4.69, 9.17) is 0 Å². The highest BCUT2D eigenvalue weighted by Crippen LogP contribution is 2.15. The van der Waals surface area contributed by atoms with Gasteiger partial charge in [0.05, 0.1) is 11.6 Å². The minimum absolute atomic E-state index is 0.0254. The zero-order valence-electron chi connectivity index (χ0n) is 14.5. The molecule has 1 fully saturated rings. The monoisotopic (exact) mass is 318 g/mol. The predicted octanol–water partition coefficient (Wildman–Crippen LogP) is 0.759. The maximum absolute atomic E-state index is 12.4. The number of carbonyl (C=O) groups excluding carboxylic acids is 2. The minimum Gasteiger partial charge on any atom is -0.348 e. The van der Waals surface area contributed by atoms with Crippen LogP contribution in [-0.2, 0) is 16.1 Å². The number of amides is 2. The van der Waals surface area contributed by atoms with E-state index in [0.717, 1.165) is 17.8 Å². The average Bonchev–Trinajstić information content (AvgIpc) is 2.71. The molecular weight excluding hydrogens is 292 g/mol. The van der Waals surface area contributed by atoms with Gasteiger partial charge in [-0.1, -0.05) is 6.07 Å². The lowest BCUT2D eigenvalue weighted by Gasteiger charge is -2.25. The van der Waals surface area contributed by atoms with E-state index in [1.807, 2.05) is 19.1 Å². The molecule has 2 rings (SSSR count). The highest BCUT2D eigenvalue weighted by atomic mass is 16.2. The second kappa shape index (κ2) is 7.55.